The van der Waals surface area contributed by atoms with Crippen molar-refractivity contribution in [2.75, 3.05) is 5.75 Å². The molecule has 0 bridgehead atoms. The summed E-state index contributed by atoms with van der Waals surface area (Å²) in [6, 6.07) is 31.9. The number of hydrazone groups is 1. The summed E-state index contributed by atoms with van der Waals surface area (Å²) in [7, 11) is 0. The van der Waals surface area contributed by atoms with Crippen molar-refractivity contribution in [2.24, 2.45) is 5.10 Å². The number of aromatic nitrogens is 4. The Hall–Kier alpha value is -4.40. The summed E-state index contributed by atoms with van der Waals surface area (Å²) in [4.78, 5) is 12.7. The molecule has 6 aromatic rings. The van der Waals surface area contributed by atoms with Gasteiger partial charge in [0, 0.05) is 44.6 Å². The maximum Gasteiger partial charge on any atom is 0.250 e. The van der Waals surface area contributed by atoms with E-state index >= 15 is 0 Å². The van der Waals surface area contributed by atoms with Crippen LogP contribution in [0.5, 0.6) is 0 Å². The van der Waals surface area contributed by atoms with Gasteiger partial charge in [-0.25, -0.2) is 5.43 Å². The Morgan fingerprint density at radius 1 is 0.925 bits per heavy atom. The Morgan fingerprint density at radius 3 is 2.48 bits per heavy atom. The lowest BCUT2D eigenvalue weighted by Crippen LogP contribution is -2.20. The van der Waals surface area contributed by atoms with Gasteiger partial charge in [-0.05, 0) is 55.0 Å². The Kier molecular flexibility index (Phi) is 7.35. The molecule has 4 aromatic carbocycles. The molecule has 0 atom stereocenters. The van der Waals surface area contributed by atoms with Gasteiger partial charge in [-0.3, -0.25) is 9.36 Å². The first kappa shape index (κ1) is 25.9. The van der Waals surface area contributed by atoms with E-state index in [4.69, 9.17) is 11.6 Å². The second kappa shape index (κ2) is 11.4. The number of carbonyl (C=O) groups is 1. The van der Waals surface area contributed by atoms with Crippen molar-refractivity contribution in [3.63, 3.8) is 0 Å². The lowest BCUT2D eigenvalue weighted by atomic mass is 10.1. The average molecular weight is 565 g/mol. The smallest absolute Gasteiger partial charge is 0.250 e. The van der Waals surface area contributed by atoms with Crippen LogP contribution in [0.15, 0.2) is 107 Å². The number of hydrogen-bond acceptors (Lipinski definition) is 5. The third kappa shape index (κ3) is 5.11. The largest absolute Gasteiger partial charge is 0.341 e. The van der Waals surface area contributed by atoms with Gasteiger partial charge >= 0.3 is 0 Å². The maximum atomic E-state index is 12.7. The molecule has 9 heteroatoms. The lowest BCUT2D eigenvalue weighted by molar-refractivity contribution is -0.118. The fraction of sp³-hybridized carbons (Fsp3) is 0.0968. The minimum atomic E-state index is -0.239. The highest BCUT2D eigenvalue weighted by Crippen LogP contribution is 2.30. The van der Waals surface area contributed by atoms with Gasteiger partial charge < -0.3 is 4.57 Å². The zero-order valence-corrected chi connectivity index (χ0v) is 23.2. The summed E-state index contributed by atoms with van der Waals surface area (Å²) in [5.74, 6) is 0.571. The van der Waals surface area contributed by atoms with Crippen molar-refractivity contribution in [1.82, 2.24) is 24.8 Å². The molecule has 7 nitrogen and oxygen atoms in total. The number of hydrogen-bond donors (Lipinski definition) is 1. The molecule has 0 aliphatic carbocycles. The van der Waals surface area contributed by atoms with Crippen LogP contribution in [0.3, 0.4) is 0 Å². The first-order valence-electron chi connectivity index (χ1n) is 12.8. The van der Waals surface area contributed by atoms with Crippen molar-refractivity contribution in [3.8, 4) is 17.1 Å². The maximum absolute atomic E-state index is 12.7. The van der Waals surface area contributed by atoms with Gasteiger partial charge in [0.1, 0.15) is 0 Å². The standard InChI is InChI=1S/C31H25ClN6OS/c1-2-37-27-11-7-6-10-25(27)26-18-21(12-17-28(26)37)19-33-34-29(39)20-40-31-36-35-30(22-8-4-3-5-9-22)38(31)24-15-13-23(32)14-16-24/h3-19H,2,20H2,1H3,(H,34,39)/b33-19+. The van der Waals surface area contributed by atoms with Crippen LogP contribution in [0.1, 0.15) is 12.5 Å². The van der Waals surface area contributed by atoms with Crippen LogP contribution in [0, 0.1) is 0 Å². The molecule has 1 N–H and O–H groups in total. The molecule has 0 aliphatic heterocycles. The SMILES string of the molecule is CCn1c2ccccc2c2cc(/C=N/NC(=O)CSc3nnc(-c4ccccc4)n3-c3ccc(Cl)cc3)ccc21. The number of nitrogens with one attached hydrogen (secondary N) is 1. The molecule has 0 saturated heterocycles. The summed E-state index contributed by atoms with van der Waals surface area (Å²) >= 11 is 7.41. The van der Waals surface area contributed by atoms with E-state index in [1.807, 2.05) is 65.2 Å². The second-order valence-electron chi connectivity index (χ2n) is 9.10. The highest BCUT2D eigenvalue weighted by Gasteiger charge is 2.17. The molecule has 0 spiro atoms. The Balaban J connectivity index is 1.17. The van der Waals surface area contributed by atoms with Crippen LogP contribution in [0.2, 0.25) is 5.02 Å². The Labute approximate surface area is 240 Å². The molecule has 0 radical (unpaired) electrons. The first-order valence-corrected chi connectivity index (χ1v) is 14.2. The molecule has 6 rings (SSSR count). The molecule has 198 valence electrons. The summed E-state index contributed by atoms with van der Waals surface area (Å²) in [5.41, 5.74) is 7.72. The van der Waals surface area contributed by atoms with Crippen LogP contribution >= 0.6 is 23.4 Å². The third-order valence-corrected chi connectivity index (χ3v) is 7.78. The molecular weight excluding hydrogens is 540 g/mol. The molecule has 0 unspecified atom stereocenters. The minimum Gasteiger partial charge on any atom is -0.341 e. The van der Waals surface area contributed by atoms with Crippen molar-refractivity contribution in [1.29, 1.82) is 0 Å². The summed E-state index contributed by atoms with van der Waals surface area (Å²) in [5, 5.41) is 16.6. The van der Waals surface area contributed by atoms with Crippen molar-refractivity contribution >= 4 is 57.3 Å². The van der Waals surface area contributed by atoms with Crippen LogP contribution in [0.25, 0.3) is 38.9 Å². The highest BCUT2D eigenvalue weighted by atomic mass is 35.5. The number of para-hydroxylation sites is 1. The average Bonchev–Trinajstić information content (AvgIpc) is 3.56. The van der Waals surface area contributed by atoms with Crippen LogP contribution in [-0.2, 0) is 11.3 Å². The molecule has 2 aromatic heterocycles. The number of fused-ring (bicyclic) bond motifs is 3. The van der Waals surface area contributed by atoms with Gasteiger partial charge in [0.2, 0.25) is 0 Å². The predicted molar refractivity (Wildman–Crippen MR) is 163 cm³/mol. The molecule has 0 fully saturated rings. The topological polar surface area (TPSA) is 77.1 Å². The molecule has 40 heavy (non-hydrogen) atoms. The van der Waals surface area contributed by atoms with Gasteiger partial charge in [0.15, 0.2) is 11.0 Å². The molecule has 0 aliphatic rings. The second-order valence-corrected chi connectivity index (χ2v) is 10.5. The monoisotopic (exact) mass is 564 g/mol. The van der Waals surface area contributed by atoms with Crippen molar-refractivity contribution in [3.05, 3.63) is 108 Å². The van der Waals surface area contributed by atoms with E-state index in [2.05, 4.69) is 68.6 Å². The summed E-state index contributed by atoms with van der Waals surface area (Å²) in [6.07, 6.45) is 1.67. The Morgan fingerprint density at radius 2 is 1.68 bits per heavy atom. The van der Waals surface area contributed by atoms with Crippen LogP contribution in [0.4, 0.5) is 0 Å². The molecular formula is C31H25ClN6OS. The highest BCUT2D eigenvalue weighted by molar-refractivity contribution is 7.99. The molecule has 1 amide bonds. The van der Waals surface area contributed by atoms with E-state index in [0.29, 0.717) is 16.0 Å². The number of halogens is 1. The number of nitrogens with zero attached hydrogens (tertiary/aromatic N) is 5. The van der Waals surface area contributed by atoms with Gasteiger partial charge in [-0.2, -0.15) is 5.10 Å². The van der Waals surface area contributed by atoms with E-state index in [9.17, 15) is 4.79 Å². The van der Waals surface area contributed by atoms with Gasteiger partial charge in [-0.15, -0.1) is 10.2 Å². The first-order chi connectivity index (χ1) is 19.6. The zero-order valence-electron chi connectivity index (χ0n) is 21.7. The van der Waals surface area contributed by atoms with Crippen LogP contribution < -0.4 is 5.43 Å². The van der Waals surface area contributed by atoms with Crippen molar-refractivity contribution < 1.29 is 4.79 Å². The Bertz CT molecular complexity index is 1840. The lowest BCUT2D eigenvalue weighted by Gasteiger charge is -2.10. The minimum absolute atomic E-state index is 0.126. The number of amides is 1. The quantitative estimate of drug-likeness (QED) is 0.123. The van der Waals surface area contributed by atoms with Gasteiger partial charge in [0.05, 0.1) is 12.0 Å². The predicted octanol–water partition coefficient (Wildman–Crippen LogP) is 6.96. The summed E-state index contributed by atoms with van der Waals surface area (Å²) < 4.78 is 4.23. The number of rotatable bonds is 8. The van der Waals surface area contributed by atoms with E-state index in [1.165, 1.54) is 33.6 Å². The number of carbonyl (C=O) groups excluding carboxylic acids is 1. The number of benzene rings is 4. The third-order valence-electron chi connectivity index (χ3n) is 6.60. The number of aryl methyl sites for hydroxylation is 1. The normalized spacial score (nSPS) is 11.6. The van der Waals surface area contributed by atoms with Crippen molar-refractivity contribution in [2.45, 2.75) is 18.6 Å². The van der Waals surface area contributed by atoms with Crippen LogP contribution in [-0.4, -0.2) is 37.2 Å². The van der Waals surface area contributed by atoms with E-state index in [-0.39, 0.29) is 11.7 Å². The van der Waals surface area contributed by atoms with E-state index < -0.39 is 0 Å². The van der Waals surface area contributed by atoms with Gasteiger partial charge in [-0.1, -0.05) is 78.0 Å². The number of thioether (sulfide) groups is 1. The van der Waals surface area contributed by atoms with Gasteiger partial charge in [0.25, 0.3) is 5.91 Å². The fourth-order valence-electron chi connectivity index (χ4n) is 4.79. The molecule has 0 saturated carbocycles. The van der Waals surface area contributed by atoms with E-state index in [1.54, 1.807) is 6.21 Å². The molecule has 2 heterocycles. The fourth-order valence-corrected chi connectivity index (χ4v) is 5.66. The van der Waals surface area contributed by atoms with E-state index in [0.717, 1.165) is 23.4 Å². The zero-order chi connectivity index (χ0) is 27.5. The summed E-state index contributed by atoms with van der Waals surface area (Å²) in [6.45, 7) is 3.04.